The number of nitrogens with one attached hydrogen (secondary N) is 1. The van der Waals surface area contributed by atoms with Gasteiger partial charge >= 0.3 is 0 Å². The van der Waals surface area contributed by atoms with E-state index in [1.807, 2.05) is 6.07 Å². The van der Waals surface area contributed by atoms with Crippen LogP contribution in [-0.2, 0) is 4.79 Å². The molecule has 2 rings (SSSR count). The number of hydrogen-bond donors (Lipinski definition) is 1. The number of thioether (sulfide) groups is 1. The first-order valence-electron chi connectivity index (χ1n) is 3.39. The molecule has 1 aliphatic heterocycles. The van der Waals surface area contributed by atoms with Crippen LogP contribution in [0.15, 0.2) is 27.9 Å². The van der Waals surface area contributed by atoms with Gasteiger partial charge in [-0.15, -0.1) is 0 Å². The summed E-state index contributed by atoms with van der Waals surface area (Å²) in [5.74, 6) is 1.02. The standard InChI is InChI=1S/C7H6N2O2S/c10-6-4-12-7(9-8-6)5-2-1-3-11-5/h1-3H,4H2,(H,8,10). The molecule has 2 heterocycles. The molecule has 0 fully saturated rings. The van der Waals surface area contributed by atoms with Crippen molar-refractivity contribution in [2.45, 2.75) is 0 Å². The second-order valence-corrected chi connectivity index (χ2v) is 3.18. The second kappa shape index (κ2) is 3.02. The first-order valence-corrected chi connectivity index (χ1v) is 4.38. The number of hydrogen-bond acceptors (Lipinski definition) is 4. The third-order valence-corrected chi connectivity index (χ3v) is 2.33. The van der Waals surface area contributed by atoms with Gasteiger partial charge in [-0.3, -0.25) is 4.79 Å². The molecule has 0 spiro atoms. The molecule has 0 bridgehead atoms. The lowest BCUT2D eigenvalue weighted by molar-refractivity contribution is -0.118. The fourth-order valence-electron chi connectivity index (χ4n) is 0.838. The zero-order chi connectivity index (χ0) is 8.39. The topological polar surface area (TPSA) is 54.6 Å². The average Bonchev–Trinajstić information content (AvgIpc) is 2.58. The molecule has 0 saturated carbocycles. The minimum Gasteiger partial charge on any atom is -0.462 e. The Hall–Kier alpha value is -1.23. The molecule has 5 heteroatoms. The second-order valence-electron chi connectivity index (χ2n) is 2.22. The van der Waals surface area contributed by atoms with Gasteiger partial charge in [0.2, 0.25) is 0 Å². The quantitative estimate of drug-likeness (QED) is 0.699. The van der Waals surface area contributed by atoms with Gasteiger partial charge in [0.15, 0.2) is 10.8 Å². The van der Waals surface area contributed by atoms with Gasteiger partial charge in [0, 0.05) is 0 Å². The summed E-state index contributed by atoms with van der Waals surface area (Å²) in [5.41, 5.74) is 2.39. The normalized spacial score (nSPS) is 17.0. The maximum atomic E-state index is 10.7. The van der Waals surface area contributed by atoms with Crippen molar-refractivity contribution in [2.75, 3.05) is 5.75 Å². The summed E-state index contributed by atoms with van der Waals surface area (Å²) in [6, 6.07) is 3.60. The fraction of sp³-hybridized carbons (Fsp3) is 0.143. The molecule has 1 amide bonds. The molecule has 1 aliphatic rings. The summed E-state index contributed by atoms with van der Waals surface area (Å²) in [6.07, 6.45) is 1.58. The number of amides is 1. The Bertz CT molecular complexity index is 318. The van der Waals surface area contributed by atoms with E-state index in [2.05, 4.69) is 10.5 Å². The number of furan rings is 1. The molecule has 4 nitrogen and oxygen atoms in total. The summed E-state index contributed by atoms with van der Waals surface area (Å²) in [7, 11) is 0. The van der Waals surface area contributed by atoms with Crippen molar-refractivity contribution in [1.82, 2.24) is 5.43 Å². The number of rotatable bonds is 1. The van der Waals surface area contributed by atoms with Gasteiger partial charge in [-0.2, -0.15) is 5.10 Å². The lowest BCUT2D eigenvalue weighted by Crippen LogP contribution is -2.26. The van der Waals surface area contributed by atoms with Gasteiger partial charge in [0.25, 0.3) is 5.91 Å². The van der Waals surface area contributed by atoms with E-state index >= 15 is 0 Å². The average molecular weight is 182 g/mol. The van der Waals surface area contributed by atoms with Crippen molar-refractivity contribution in [1.29, 1.82) is 0 Å². The molecule has 0 unspecified atom stereocenters. The van der Waals surface area contributed by atoms with Gasteiger partial charge in [-0.1, -0.05) is 11.8 Å². The zero-order valence-corrected chi connectivity index (χ0v) is 6.93. The minimum atomic E-state index is -0.0738. The molecule has 0 saturated heterocycles. The van der Waals surface area contributed by atoms with Crippen LogP contribution in [0.4, 0.5) is 0 Å². The highest BCUT2D eigenvalue weighted by molar-refractivity contribution is 8.15. The number of carbonyl (C=O) groups is 1. The lowest BCUT2D eigenvalue weighted by Gasteiger charge is -2.08. The van der Waals surface area contributed by atoms with E-state index in [4.69, 9.17) is 4.42 Å². The molecule has 12 heavy (non-hydrogen) atoms. The summed E-state index contributed by atoms with van der Waals surface area (Å²) in [5, 5.41) is 4.56. The van der Waals surface area contributed by atoms with Crippen molar-refractivity contribution in [3.8, 4) is 0 Å². The SMILES string of the molecule is O=C1CSC(c2ccco2)=NN1. The van der Waals surface area contributed by atoms with Gasteiger partial charge in [-0.05, 0) is 12.1 Å². The zero-order valence-electron chi connectivity index (χ0n) is 6.11. The first-order chi connectivity index (χ1) is 5.86. The number of carbonyl (C=O) groups excluding carboxylic acids is 1. The fourth-order valence-corrected chi connectivity index (χ4v) is 1.54. The van der Waals surface area contributed by atoms with Crippen LogP contribution in [0.5, 0.6) is 0 Å². The largest absolute Gasteiger partial charge is 0.462 e. The molecule has 0 aromatic carbocycles. The summed E-state index contributed by atoms with van der Waals surface area (Å²) in [4.78, 5) is 10.7. The highest BCUT2D eigenvalue weighted by Gasteiger charge is 2.15. The monoisotopic (exact) mass is 182 g/mol. The summed E-state index contributed by atoms with van der Waals surface area (Å²) >= 11 is 1.37. The van der Waals surface area contributed by atoms with E-state index in [0.717, 1.165) is 5.04 Å². The number of hydrazone groups is 1. The van der Waals surface area contributed by atoms with Crippen LogP contribution < -0.4 is 5.43 Å². The Kier molecular flexibility index (Phi) is 1.87. The third-order valence-electron chi connectivity index (χ3n) is 1.35. The van der Waals surface area contributed by atoms with E-state index in [9.17, 15) is 4.79 Å². The Morgan fingerprint density at radius 2 is 2.58 bits per heavy atom. The van der Waals surface area contributed by atoms with E-state index < -0.39 is 0 Å². The van der Waals surface area contributed by atoms with Crippen molar-refractivity contribution in [3.63, 3.8) is 0 Å². The van der Waals surface area contributed by atoms with Gasteiger partial charge in [-0.25, -0.2) is 5.43 Å². The minimum absolute atomic E-state index is 0.0738. The smallest absolute Gasteiger partial charge is 0.250 e. The Morgan fingerprint density at radius 3 is 3.17 bits per heavy atom. The molecule has 0 aliphatic carbocycles. The summed E-state index contributed by atoms with van der Waals surface area (Å²) < 4.78 is 5.11. The molecular weight excluding hydrogens is 176 g/mol. The van der Waals surface area contributed by atoms with Gasteiger partial charge in [0.1, 0.15) is 0 Å². The number of nitrogens with zero attached hydrogens (tertiary/aromatic N) is 1. The van der Waals surface area contributed by atoms with Crippen LogP contribution in [-0.4, -0.2) is 16.7 Å². The Morgan fingerprint density at radius 1 is 1.67 bits per heavy atom. The maximum absolute atomic E-state index is 10.7. The van der Waals surface area contributed by atoms with Crippen LogP contribution in [0.2, 0.25) is 0 Å². The highest BCUT2D eigenvalue weighted by Crippen LogP contribution is 2.15. The Labute approximate surface area is 73.0 Å². The van der Waals surface area contributed by atoms with Crippen molar-refractivity contribution in [2.24, 2.45) is 5.10 Å². The van der Waals surface area contributed by atoms with Crippen molar-refractivity contribution >= 4 is 22.7 Å². The predicted octanol–water partition coefficient (Wildman–Crippen LogP) is 0.804. The Balaban J connectivity index is 2.21. The van der Waals surface area contributed by atoms with Crippen LogP contribution in [0.3, 0.4) is 0 Å². The molecule has 1 aromatic heterocycles. The van der Waals surface area contributed by atoms with Crippen LogP contribution in [0.1, 0.15) is 5.76 Å². The van der Waals surface area contributed by atoms with E-state index in [1.54, 1.807) is 12.3 Å². The van der Waals surface area contributed by atoms with E-state index in [-0.39, 0.29) is 5.91 Å². The van der Waals surface area contributed by atoms with E-state index in [1.165, 1.54) is 11.8 Å². The molecule has 1 N–H and O–H groups in total. The molecule has 0 atom stereocenters. The summed E-state index contributed by atoms with van der Waals surface area (Å²) in [6.45, 7) is 0. The van der Waals surface area contributed by atoms with Crippen LogP contribution >= 0.6 is 11.8 Å². The maximum Gasteiger partial charge on any atom is 0.250 e. The van der Waals surface area contributed by atoms with Gasteiger partial charge in [0.05, 0.1) is 12.0 Å². The molecule has 1 aromatic rings. The van der Waals surface area contributed by atoms with Crippen molar-refractivity contribution in [3.05, 3.63) is 24.2 Å². The van der Waals surface area contributed by atoms with Crippen molar-refractivity contribution < 1.29 is 9.21 Å². The third kappa shape index (κ3) is 1.35. The molecule has 62 valence electrons. The molecule has 0 radical (unpaired) electrons. The highest BCUT2D eigenvalue weighted by atomic mass is 32.2. The first kappa shape index (κ1) is 7.42. The van der Waals surface area contributed by atoms with Crippen LogP contribution in [0, 0.1) is 0 Å². The van der Waals surface area contributed by atoms with Gasteiger partial charge < -0.3 is 4.42 Å². The van der Waals surface area contributed by atoms with E-state index in [0.29, 0.717) is 11.5 Å². The molecular formula is C7H6N2O2S. The lowest BCUT2D eigenvalue weighted by atomic mass is 10.5. The predicted molar refractivity (Wildman–Crippen MR) is 45.8 cm³/mol. The van der Waals surface area contributed by atoms with Crippen LogP contribution in [0.25, 0.3) is 0 Å².